The summed E-state index contributed by atoms with van der Waals surface area (Å²) in [7, 11) is 1.30. The molecule has 18 heavy (non-hydrogen) atoms. The molecule has 1 fully saturated rings. The molecule has 1 aliphatic heterocycles. The van der Waals surface area contributed by atoms with Crippen molar-refractivity contribution < 1.29 is 19.1 Å². The van der Waals surface area contributed by atoms with Crippen LogP contribution in [-0.2, 0) is 25.5 Å². The average molecular weight is 253 g/mol. The van der Waals surface area contributed by atoms with E-state index in [0.29, 0.717) is 13.2 Å². The van der Waals surface area contributed by atoms with E-state index in [0.717, 1.165) is 5.69 Å². The highest BCUT2D eigenvalue weighted by atomic mass is 16.5. The number of rotatable bonds is 3. The van der Waals surface area contributed by atoms with Crippen LogP contribution in [0.3, 0.4) is 0 Å². The molecule has 0 aliphatic carbocycles. The number of carbonyl (C=O) groups is 2. The highest BCUT2D eigenvalue weighted by Gasteiger charge is 2.33. The zero-order valence-electron chi connectivity index (χ0n) is 10.1. The minimum absolute atomic E-state index is 0.141. The number of carbonyl (C=O) groups excluding carboxylic acids is 2. The molecule has 1 unspecified atom stereocenters. The molecule has 0 spiro atoms. The Bertz CT molecular complexity index is 418. The maximum Gasteiger partial charge on any atom is 0.331 e. The average Bonchev–Trinajstić information content (AvgIpc) is 2.90. The second-order valence-electron chi connectivity index (χ2n) is 3.96. The molecule has 0 aromatic carbocycles. The molecule has 1 aromatic rings. The molecular weight excluding hydrogens is 238 g/mol. The summed E-state index contributed by atoms with van der Waals surface area (Å²) in [6, 6.07) is 1.07. The maximum atomic E-state index is 12.1. The van der Waals surface area contributed by atoms with Gasteiger partial charge >= 0.3 is 5.97 Å². The summed E-state index contributed by atoms with van der Waals surface area (Å²) in [6.45, 7) is 1.01. The molecule has 1 N–H and O–H groups in total. The fourth-order valence-electron chi connectivity index (χ4n) is 1.88. The monoisotopic (exact) mass is 253 g/mol. The second-order valence-corrected chi connectivity index (χ2v) is 3.96. The van der Waals surface area contributed by atoms with Gasteiger partial charge < -0.3 is 14.4 Å². The first-order chi connectivity index (χ1) is 8.72. The second kappa shape index (κ2) is 5.63. The molecule has 1 saturated heterocycles. The molecule has 2 rings (SSSR count). The number of aromatic amines is 1. The van der Waals surface area contributed by atoms with Gasteiger partial charge in [-0.15, -0.1) is 0 Å². The van der Waals surface area contributed by atoms with Gasteiger partial charge in [-0.3, -0.25) is 9.89 Å². The largest absolute Gasteiger partial charge is 0.467 e. The molecular formula is C11H15N3O4. The number of ether oxygens (including phenoxy) is 2. The van der Waals surface area contributed by atoms with Gasteiger partial charge in [0.2, 0.25) is 5.91 Å². The quantitative estimate of drug-likeness (QED) is 0.724. The SMILES string of the molecule is COC(=O)C1COCCN1C(=O)Cc1ccn[nH]1. The predicted octanol–water partition coefficient (Wildman–Crippen LogP) is -0.647. The van der Waals surface area contributed by atoms with Gasteiger partial charge in [-0.1, -0.05) is 0 Å². The van der Waals surface area contributed by atoms with Gasteiger partial charge in [-0.05, 0) is 6.07 Å². The molecule has 1 aromatic heterocycles. The molecule has 7 heteroatoms. The summed E-state index contributed by atoms with van der Waals surface area (Å²) in [4.78, 5) is 25.2. The number of morpholine rings is 1. The van der Waals surface area contributed by atoms with Crippen LogP contribution in [0.25, 0.3) is 0 Å². The number of H-pyrrole nitrogens is 1. The number of hydrogen-bond acceptors (Lipinski definition) is 5. The van der Waals surface area contributed by atoms with E-state index in [-0.39, 0.29) is 18.9 Å². The van der Waals surface area contributed by atoms with E-state index in [9.17, 15) is 9.59 Å². The van der Waals surface area contributed by atoms with Crippen LogP contribution in [0.1, 0.15) is 5.69 Å². The highest BCUT2D eigenvalue weighted by Crippen LogP contribution is 2.11. The van der Waals surface area contributed by atoms with E-state index < -0.39 is 12.0 Å². The fraction of sp³-hybridized carbons (Fsp3) is 0.545. The minimum atomic E-state index is -0.654. The predicted molar refractivity (Wildman–Crippen MR) is 60.6 cm³/mol. The number of methoxy groups -OCH3 is 1. The van der Waals surface area contributed by atoms with Gasteiger partial charge in [0, 0.05) is 18.4 Å². The minimum Gasteiger partial charge on any atom is -0.467 e. The molecule has 2 heterocycles. The van der Waals surface area contributed by atoms with Crippen molar-refractivity contribution in [2.75, 3.05) is 26.9 Å². The number of hydrogen-bond donors (Lipinski definition) is 1. The van der Waals surface area contributed by atoms with Crippen LogP contribution < -0.4 is 0 Å². The summed E-state index contributed by atoms with van der Waals surface area (Å²) in [5.41, 5.74) is 0.718. The van der Waals surface area contributed by atoms with Gasteiger partial charge in [-0.25, -0.2) is 4.79 Å². The van der Waals surface area contributed by atoms with Gasteiger partial charge in [0.05, 0.1) is 26.7 Å². The lowest BCUT2D eigenvalue weighted by molar-refractivity contribution is -0.160. The first-order valence-electron chi connectivity index (χ1n) is 5.65. The Hall–Kier alpha value is -1.89. The lowest BCUT2D eigenvalue weighted by atomic mass is 10.2. The molecule has 1 atom stereocenters. The Kier molecular flexibility index (Phi) is 3.93. The third-order valence-corrected chi connectivity index (χ3v) is 2.82. The lowest BCUT2D eigenvalue weighted by Crippen LogP contribution is -2.53. The standard InChI is InChI=1S/C11H15N3O4/c1-17-11(16)9-7-18-5-4-14(9)10(15)6-8-2-3-12-13-8/h2-3,9H,4-7H2,1H3,(H,12,13). The summed E-state index contributed by atoms with van der Waals surface area (Å²) in [5.74, 6) is -0.592. The summed E-state index contributed by atoms with van der Waals surface area (Å²) < 4.78 is 9.88. The summed E-state index contributed by atoms with van der Waals surface area (Å²) >= 11 is 0. The fourth-order valence-corrected chi connectivity index (χ4v) is 1.88. The Morgan fingerprint density at radius 2 is 2.50 bits per heavy atom. The molecule has 0 bridgehead atoms. The van der Waals surface area contributed by atoms with E-state index in [2.05, 4.69) is 14.9 Å². The number of esters is 1. The van der Waals surface area contributed by atoms with Crippen molar-refractivity contribution in [3.8, 4) is 0 Å². The van der Waals surface area contributed by atoms with Gasteiger partial charge in [0.15, 0.2) is 6.04 Å². The van der Waals surface area contributed by atoms with Crippen LogP contribution in [0.15, 0.2) is 12.3 Å². The van der Waals surface area contributed by atoms with E-state index in [4.69, 9.17) is 4.74 Å². The van der Waals surface area contributed by atoms with Crippen LogP contribution in [-0.4, -0.2) is 59.9 Å². The number of nitrogens with zero attached hydrogens (tertiary/aromatic N) is 2. The molecule has 7 nitrogen and oxygen atoms in total. The Labute approximate surface area is 104 Å². The van der Waals surface area contributed by atoms with Crippen molar-refractivity contribution in [2.45, 2.75) is 12.5 Å². The number of amides is 1. The zero-order valence-corrected chi connectivity index (χ0v) is 10.1. The summed E-state index contributed by atoms with van der Waals surface area (Å²) in [5, 5.41) is 6.50. The van der Waals surface area contributed by atoms with Crippen molar-refractivity contribution in [1.82, 2.24) is 15.1 Å². The Morgan fingerprint density at radius 1 is 1.67 bits per heavy atom. The van der Waals surface area contributed by atoms with Crippen LogP contribution in [0, 0.1) is 0 Å². The molecule has 0 radical (unpaired) electrons. The van der Waals surface area contributed by atoms with Crippen LogP contribution >= 0.6 is 0 Å². The Balaban J connectivity index is 2.04. The third-order valence-electron chi connectivity index (χ3n) is 2.82. The van der Waals surface area contributed by atoms with Crippen molar-refractivity contribution >= 4 is 11.9 Å². The number of aromatic nitrogens is 2. The first kappa shape index (κ1) is 12.6. The van der Waals surface area contributed by atoms with Crippen LogP contribution in [0.5, 0.6) is 0 Å². The van der Waals surface area contributed by atoms with E-state index in [1.54, 1.807) is 12.3 Å². The topological polar surface area (TPSA) is 84.5 Å². The van der Waals surface area contributed by atoms with Gasteiger partial charge in [-0.2, -0.15) is 5.10 Å². The van der Waals surface area contributed by atoms with Crippen LogP contribution in [0.2, 0.25) is 0 Å². The van der Waals surface area contributed by atoms with Gasteiger partial charge in [0.1, 0.15) is 0 Å². The van der Waals surface area contributed by atoms with Gasteiger partial charge in [0.25, 0.3) is 0 Å². The number of nitrogens with one attached hydrogen (secondary N) is 1. The normalized spacial score (nSPS) is 19.6. The molecule has 0 saturated carbocycles. The van der Waals surface area contributed by atoms with Crippen LogP contribution in [0.4, 0.5) is 0 Å². The Morgan fingerprint density at radius 3 is 3.17 bits per heavy atom. The third kappa shape index (κ3) is 2.67. The molecule has 98 valence electrons. The van der Waals surface area contributed by atoms with Crippen molar-refractivity contribution in [1.29, 1.82) is 0 Å². The van der Waals surface area contributed by atoms with Crippen molar-refractivity contribution in [3.05, 3.63) is 18.0 Å². The van der Waals surface area contributed by atoms with E-state index >= 15 is 0 Å². The highest BCUT2D eigenvalue weighted by molar-refractivity contribution is 5.85. The smallest absolute Gasteiger partial charge is 0.331 e. The van der Waals surface area contributed by atoms with Crippen molar-refractivity contribution in [3.63, 3.8) is 0 Å². The molecule has 1 aliphatic rings. The summed E-state index contributed by atoms with van der Waals surface area (Å²) in [6.07, 6.45) is 1.77. The maximum absolute atomic E-state index is 12.1. The first-order valence-corrected chi connectivity index (χ1v) is 5.65. The van der Waals surface area contributed by atoms with E-state index in [1.807, 2.05) is 0 Å². The zero-order chi connectivity index (χ0) is 13.0. The van der Waals surface area contributed by atoms with E-state index in [1.165, 1.54) is 12.0 Å². The lowest BCUT2D eigenvalue weighted by Gasteiger charge is -2.33. The van der Waals surface area contributed by atoms with Crippen molar-refractivity contribution in [2.24, 2.45) is 0 Å². The molecule has 1 amide bonds.